The van der Waals surface area contributed by atoms with Crippen LogP contribution in [-0.2, 0) is 14.8 Å². The average molecular weight is 399 g/mol. The Labute approximate surface area is 159 Å². The zero-order valence-corrected chi connectivity index (χ0v) is 16.5. The molecule has 2 rings (SSSR count). The molecule has 0 saturated carbocycles. The standard InChI is InChI=1S/C17H26N4O5S/c1-3-14(4-2)18-17(22)13-19-9-11-20(12-10-19)27(25,26)16-8-6-5-7-15(16)21(23)24/h5-8,14H,3-4,9-13H2,1-2H3,(H,18,22)/p+1. The van der Waals surface area contributed by atoms with Crippen molar-refractivity contribution in [3.05, 3.63) is 34.4 Å². The zero-order chi connectivity index (χ0) is 20.0. The summed E-state index contributed by atoms with van der Waals surface area (Å²) in [6, 6.07) is 5.53. The summed E-state index contributed by atoms with van der Waals surface area (Å²) in [5.41, 5.74) is -0.420. The molecule has 0 radical (unpaired) electrons. The number of quaternary nitrogens is 1. The van der Waals surface area contributed by atoms with E-state index in [9.17, 15) is 23.3 Å². The zero-order valence-electron chi connectivity index (χ0n) is 15.7. The highest BCUT2D eigenvalue weighted by atomic mass is 32.2. The van der Waals surface area contributed by atoms with Gasteiger partial charge in [0, 0.05) is 12.1 Å². The number of hydrogen-bond acceptors (Lipinski definition) is 5. The Hall–Kier alpha value is -2.04. The first-order chi connectivity index (χ1) is 12.8. The van der Waals surface area contributed by atoms with Crippen molar-refractivity contribution in [1.29, 1.82) is 0 Å². The van der Waals surface area contributed by atoms with Gasteiger partial charge in [0.1, 0.15) is 0 Å². The average Bonchev–Trinajstić information content (AvgIpc) is 2.66. The Morgan fingerprint density at radius 1 is 1.26 bits per heavy atom. The lowest BCUT2D eigenvalue weighted by Gasteiger charge is -2.31. The van der Waals surface area contributed by atoms with Crippen molar-refractivity contribution in [2.75, 3.05) is 32.7 Å². The Morgan fingerprint density at radius 2 is 1.85 bits per heavy atom. The lowest BCUT2D eigenvalue weighted by atomic mass is 10.2. The third-order valence-electron chi connectivity index (χ3n) is 4.87. The number of amides is 1. The number of benzene rings is 1. The largest absolute Gasteiger partial charge is 0.349 e. The molecular formula is C17H27N4O5S+. The molecule has 1 heterocycles. The molecule has 150 valence electrons. The Kier molecular flexibility index (Phi) is 7.28. The monoisotopic (exact) mass is 399 g/mol. The quantitative estimate of drug-likeness (QED) is 0.464. The van der Waals surface area contributed by atoms with Crippen molar-refractivity contribution in [1.82, 2.24) is 9.62 Å². The van der Waals surface area contributed by atoms with Gasteiger partial charge in [-0.1, -0.05) is 26.0 Å². The second-order valence-electron chi connectivity index (χ2n) is 6.64. The predicted octanol–water partition coefficient (Wildman–Crippen LogP) is -0.211. The smallest absolute Gasteiger partial charge is 0.289 e. The second kappa shape index (κ2) is 9.25. The van der Waals surface area contributed by atoms with Crippen molar-refractivity contribution in [3.63, 3.8) is 0 Å². The molecule has 1 amide bonds. The van der Waals surface area contributed by atoms with Gasteiger partial charge in [-0.25, -0.2) is 8.42 Å². The van der Waals surface area contributed by atoms with Gasteiger partial charge in [-0.2, -0.15) is 4.31 Å². The highest BCUT2D eigenvalue weighted by Gasteiger charge is 2.35. The number of nitro benzene ring substituents is 1. The van der Waals surface area contributed by atoms with E-state index in [0.717, 1.165) is 17.7 Å². The van der Waals surface area contributed by atoms with E-state index >= 15 is 0 Å². The maximum Gasteiger partial charge on any atom is 0.289 e. The molecule has 0 unspecified atom stereocenters. The molecule has 1 aliphatic rings. The first-order valence-corrected chi connectivity index (χ1v) is 10.6. The maximum atomic E-state index is 12.8. The van der Waals surface area contributed by atoms with Gasteiger partial charge < -0.3 is 10.2 Å². The Bertz CT molecular complexity index is 771. The van der Waals surface area contributed by atoms with Crippen molar-refractivity contribution in [2.45, 2.75) is 37.6 Å². The number of nitro groups is 1. The summed E-state index contributed by atoms with van der Waals surface area (Å²) >= 11 is 0. The molecule has 9 nitrogen and oxygen atoms in total. The predicted molar refractivity (Wildman–Crippen MR) is 99.9 cm³/mol. The number of carbonyl (C=O) groups is 1. The summed E-state index contributed by atoms with van der Waals surface area (Å²) in [6.45, 7) is 5.76. The number of rotatable bonds is 8. The number of carbonyl (C=O) groups excluding carboxylic acids is 1. The summed E-state index contributed by atoms with van der Waals surface area (Å²) in [6.07, 6.45) is 1.75. The minimum Gasteiger partial charge on any atom is -0.349 e. The van der Waals surface area contributed by atoms with E-state index in [0.29, 0.717) is 19.6 Å². The van der Waals surface area contributed by atoms with Crippen molar-refractivity contribution < 1.29 is 23.0 Å². The molecule has 1 aromatic rings. The lowest BCUT2D eigenvalue weighted by Crippen LogP contribution is -3.15. The summed E-state index contributed by atoms with van der Waals surface area (Å²) in [7, 11) is -3.94. The lowest BCUT2D eigenvalue weighted by molar-refractivity contribution is -0.895. The molecule has 0 aliphatic carbocycles. The molecule has 10 heteroatoms. The van der Waals surface area contributed by atoms with Crippen LogP contribution in [0.15, 0.2) is 29.2 Å². The van der Waals surface area contributed by atoms with Crippen LogP contribution in [0.25, 0.3) is 0 Å². The summed E-state index contributed by atoms with van der Waals surface area (Å²) in [5.74, 6) is -0.0336. The number of piperazine rings is 1. The minimum atomic E-state index is -3.94. The minimum absolute atomic E-state index is 0.0336. The molecule has 1 aliphatic heterocycles. The fourth-order valence-electron chi connectivity index (χ4n) is 3.18. The summed E-state index contributed by atoms with van der Waals surface area (Å²) in [4.78, 5) is 23.3. The number of para-hydroxylation sites is 1. The third-order valence-corrected chi connectivity index (χ3v) is 6.82. The van der Waals surface area contributed by atoms with E-state index in [1.807, 2.05) is 13.8 Å². The van der Waals surface area contributed by atoms with E-state index in [-0.39, 0.29) is 29.9 Å². The van der Waals surface area contributed by atoms with Crippen molar-refractivity contribution in [2.24, 2.45) is 0 Å². The van der Waals surface area contributed by atoms with Gasteiger partial charge in [0.15, 0.2) is 11.4 Å². The van der Waals surface area contributed by atoms with E-state index in [1.54, 1.807) is 0 Å². The molecule has 0 spiro atoms. The normalized spacial score (nSPS) is 16.4. The van der Waals surface area contributed by atoms with Gasteiger partial charge in [-0.05, 0) is 18.9 Å². The van der Waals surface area contributed by atoms with Crippen molar-refractivity contribution in [3.8, 4) is 0 Å². The van der Waals surface area contributed by atoms with Gasteiger partial charge in [0.2, 0.25) is 10.0 Å². The second-order valence-corrected chi connectivity index (χ2v) is 8.54. The number of nitrogens with one attached hydrogen (secondary N) is 2. The highest BCUT2D eigenvalue weighted by Crippen LogP contribution is 2.26. The highest BCUT2D eigenvalue weighted by molar-refractivity contribution is 7.89. The molecule has 1 aromatic carbocycles. The van der Waals surface area contributed by atoms with Crippen LogP contribution in [0.1, 0.15) is 26.7 Å². The van der Waals surface area contributed by atoms with Crippen LogP contribution in [0.5, 0.6) is 0 Å². The fourth-order valence-corrected chi connectivity index (χ4v) is 4.78. The van der Waals surface area contributed by atoms with Gasteiger partial charge in [-0.3, -0.25) is 14.9 Å². The van der Waals surface area contributed by atoms with Crippen LogP contribution in [0.3, 0.4) is 0 Å². The van der Waals surface area contributed by atoms with E-state index in [4.69, 9.17) is 0 Å². The summed E-state index contributed by atoms with van der Waals surface area (Å²) < 4.78 is 26.9. The van der Waals surface area contributed by atoms with Crippen LogP contribution < -0.4 is 10.2 Å². The van der Waals surface area contributed by atoms with Crippen LogP contribution >= 0.6 is 0 Å². The SMILES string of the molecule is CCC(CC)NC(=O)C[NH+]1CCN(S(=O)(=O)c2ccccc2[N+](=O)[O-])CC1. The molecule has 2 N–H and O–H groups in total. The molecule has 1 saturated heterocycles. The van der Waals surface area contributed by atoms with Crippen LogP contribution in [-0.4, -0.2) is 62.3 Å². The van der Waals surface area contributed by atoms with Crippen molar-refractivity contribution >= 4 is 21.6 Å². The molecule has 1 fully saturated rings. The molecule has 27 heavy (non-hydrogen) atoms. The topological polar surface area (TPSA) is 114 Å². The molecular weight excluding hydrogens is 372 g/mol. The van der Waals surface area contributed by atoms with Gasteiger partial charge in [0.25, 0.3) is 11.6 Å². The third kappa shape index (κ3) is 5.24. The van der Waals surface area contributed by atoms with Crippen LogP contribution in [0.4, 0.5) is 5.69 Å². The fraction of sp³-hybridized carbons (Fsp3) is 0.588. The number of hydrogen-bond donors (Lipinski definition) is 2. The van der Waals surface area contributed by atoms with E-state index < -0.39 is 20.6 Å². The van der Waals surface area contributed by atoms with Crippen LogP contribution in [0, 0.1) is 10.1 Å². The first-order valence-electron chi connectivity index (χ1n) is 9.16. The molecule has 0 bridgehead atoms. The Morgan fingerprint density at radius 3 is 2.41 bits per heavy atom. The van der Waals surface area contributed by atoms with Gasteiger partial charge in [-0.15, -0.1) is 0 Å². The van der Waals surface area contributed by atoms with E-state index in [2.05, 4.69) is 5.32 Å². The first kappa shape index (κ1) is 21.3. The van der Waals surface area contributed by atoms with Gasteiger partial charge >= 0.3 is 0 Å². The number of nitrogens with zero attached hydrogens (tertiary/aromatic N) is 2. The van der Waals surface area contributed by atoms with E-state index in [1.165, 1.54) is 28.6 Å². The number of sulfonamides is 1. The molecule has 0 atom stereocenters. The van der Waals surface area contributed by atoms with Gasteiger partial charge in [0.05, 0.1) is 31.1 Å². The van der Waals surface area contributed by atoms with Crippen LogP contribution in [0.2, 0.25) is 0 Å². The maximum absolute atomic E-state index is 12.8. The summed E-state index contributed by atoms with van der Waals surface area (Å²) in [5, 5.41) is 14.1. The Balaban J connectivity index is 1.99. The molecule has 0 aromatic heterocycles.